The third kappa shape index (κ3) is 2.94. The van der Waals surface area contributed by atoms with Gasteiger partial charge in [-0.1, -0.05) is 11.6 Å². The molecular formula is C15H16ClN3O2. The van der Waals surface area contributed by atoms with E-state index in [1.807, 2.05) is 6.07 Å². The van der Waals surface area contributed by atoms with E-state index in [1.165, 1.54) is 0 Å². The van der Waals surface area contributed by atoms with Crippen LogP contribution in [0.15, 0.2) is 36.7 Å². The van der Waals surface area contributed by atoms with Gasteiger partial charge in [-0.3, -0.25) is 4.79 Å². The van der Waals surface area contributed by atoms with Crippen molar-refractivity contribution in [3.8, 4) is 5.69 Å². The average molecular weight is 306 g/mol. The van der Waals surface area contributed by atoms with E-state index in [1.54, 1.807) is 35.3 Å². The second kappa shape index (κ2) is 5.87. The molecule has 1 aliphatic rings. The van der Waals surface area contributed by atoms with E-state index in [-0.39, 0.29) is 11.8 Å². The first-order chi connectivity index (χ1) is 10.1. The maximum Gasteiger partial charge on any atom is 0.230 e. The summed E-state index contributed by atoms with van der Waals surface area (Å²) in [5.74, 6) is -0.475. The lowest BCUT2D eigenvalue weighted by Crippen LogP contribution is -2.28. The molecule has 2 atom stereocenters. The van der Waals surface area contributed by atoms with E-state index in [2.05, 4.69) is 10.4 Å². The first-order valence-corrected chi connectivity index (χ1v) is 7.31. The van der Waals surface area contributed by atoms with Crippen molar-refractivity contribution in [2.45, 2.75) is 25.4 Å². The number of halogens is 1. The summed E-state index contributed by atoms with van der Waals surface area (Å²) in [5, 5.41) is 17.2. The number of hydrogen-bond acceptors (Lipinski definition) is 3. The third-order valence-corrected chi connectivity index (χ3v) is 4.09. The highest BCUT2D eigenvalue weighted by atomic mass is 35.5. The second-order valence-corrected chi connectivity index (χ2v) is 5.62. The van der Waals surface area contributed by atoms with Gasteiger partial charge in [-0.05, 0) is 43.5 Å². The van der Waals surface area contributed by atoms with Gasteiger partial charge >= 0.3 is 0 Å². The summed E-state index contributed by atoms with van der Waals surface area (Å²) >= 11 is 6.23. The van der Waals surface area contributed by atoms with Gasteiger partial charge in [0.15, 0.2) is 0 Å². The normalized spacial score (nSPS) is 21.4. The Morgan fingerprint density at radius 1 is 1.43 bits per heavy atom. The minimum atomic E-state index is -0.538. The highest BCUT2D eigenvalue weighted by Gasteiger charge is 2.31. The van der Waals surface area contributed by atoms with Crippen molar-refractivity contribution in [3.05, 3.63) is 41.7 Å². The first kappa shape index (κ1) is 14.1. The first-order valence-electron chi connectivity index (χ1n) is 6.93. The number of benzene rings is 1. The Morgan fingerprint density at radius 2 is 2.29 bits per heavy atom. The van der Waals surface area contributed by atoms with Crippen molar-refractivity contribution in [2.75, 3.05) is 5.32 Å². The minimum Gasteiger partial charge on any atom is -0.392 e. The molecule has 2 N–H and O–H groups in total. The molecule has 0 bridgehead atoms. The number of carbonyl (C=O) groups is 1. The van der Waals surface area contributed by atoms with Gasteiger partial charge < -0.3 is 10.4 Å². The fourth-order valence-corrected chi connectivity index (χ4v) is 2.93. The Morgan fingerprint density at radius 3 is 2.90 bits per heavy atom. The standard InChI is InChI=1S/C15H16ClN3O2/c16-12-9-10(5-6-13(12)19-8-2-7-17-19)18-15(21)11-3-1-4-14(11)20/h2,5-9,11,14,20H,1,3-4H2,(H,18,21). The highest BCUT2D eigenvalue weighted by molar-refractivity contribution is 6.32. The monoisotopic (exact) mass is 305 g/mol. The van der Waals surface area contributed by atoms with Crippen LogP contribution in [0.4, 0.5) is 5.69 Å². The van der Waals surface area contributed by atoms with Crippen LogP contribution < -0.4 is 5.32 Å². The summed E-state index contributed by atoms with van der Waals surface area (Å²) in [6.07, 6.45) is 5.24. The molecule has 1 amide bonds. The molecule has 110 valence electrons. The molecule has 1 fully saturated rings. The molecule has 0 radical (unpaired) electrons. The number of carbonyl (C=O) groups excluding carboxylic acids is 1. The van der Waals surface area contributed by atoms with Crippen LogP contribution in [0.3, 0.4) is 0 Å². The molecular weight excluding hydrogens is 290 g/mol. The molecule has 0 spiro atoms. The topological polar surface area (TPSA) is 67.2 Å². The Balaban J connectivity index is 1.75. The molecule has 6 heteroatoms. The van der Waals surface area contributed by atoms with Gasteiger partial charge in [0.2, 0.25) is 5.91 Å². The van der Waals surface area contributed by atoms with E-state index in [9.17, 15) is 9.90 Å². The molecule has 0 saturated heterocycles. The van der Waals surface area contributed by atoms with Crippen molar-refractivity contribution in [3.63, 3.8) is 0 Å². The highest BCUT2D eigenvalue weighted by Crippen LogP contribution is 2.28. The fraction of sp³-hybridized carbons (Fsp3) is 0.333. The minimum absolute atomic E-state index is 0.150. The lowest BCUT2D eigenvalue weighted by Gasteiger charge is -2.15. The van der Waals surface area contributed by atoms with Crippen molar-refractivity contribution < 1.29 is 9.90 Å². The molecule has 21 heavy (non-hydrogen) atoms. The van der Waals surface area contributed by atoms with E-state index < -0.39 is 6.10 Å². The Labute approximate surface area is 127 Å². The molecule has 0 aliphatic heterocycles. The van der Waals surface area contributed by atoms with Crippen molar-refractivity contribution >= 4 is 23.2 Å². The van der Waals surface area contributed by atoms with Gasteiger partial charge in [0.25, 0.3) is 0 Å². The average Bonchev–Trinajstić information content (AvgIpc) is 3.10. The summed E-state index contributed by atoms with van der Waals surface area (Å²) < 4.78 is 1.66. The molecule has 2 unspecified atom stereocenters. The van der Waals surface area contributed by atoms with Gasteiger partial charge in [0.05, 0.1) is 22.7 Å². The second-order valence-electron chi connectivity index (χ2n) is 5.21. The van der Waals surface area contributed by atoms with Crippen molar-refractivity contribution in [1.82, 2.24) is 9.78 Å². The summed E-state index contributed by atoms with van der Waals surface area (Å²) in [4.78, 5) is 12.1. The van der Waals surface area contributed by atoms with Crippen LogP contribution in [0.25, 0.3) is 5.69 Å². The Bertz CT molecular complexity index is 642. The predicted octanol–water partition coefficient (Wildman–Crippen LogP) is 2.63. The predicted molar refractivity (Wildman–Crippen MR) is 80.6 cm³/mol. The van der Waals surface area contributed by atoms with Crippen molar-refractivity contribution in [1.29, 1.82) is 0 Å². The van der Waals surface area contributed by atoms with Gasteiger partial charge in [-0.2, -0.15) is 5.10 Å². The number of aliphatic hydroxyl groups is 1. The Hall–Kier alpha value is -1.85. The number of aliphatic hydroxyl groups excluding tert-OH is 1. The molecule has 1 aromatic carbocycles. The number of hydrogen-bond donors (Lipinski definition) is 2. The lowest BCUT2D eigenvalue weighted by atomic mass is 10.1. The quantitative estimate of drug-likeness (QED) is 0.916. The Kier molecular flexibility index (Phi) is 3.94. The molecule has 1 aromatic heterocycles. The van der Waals surface area contributed by atoms with Crippen LogP contribution in [0.1, 0.15) is 19.3 Å². The summed E-state index contributed by atoms with van der Waals surface area (Å²) in [7, 11) is 0. The zero-order valence-electron chi connectivity index (χ0n) is 11.4. The van der Waals surface area contributed by atoms with Crippen LogP contribution in [-0.2, 0) is 4.79 Å². The zero-order chi connectivity index (χ0) is 14.8. The number of amides is 1. The number of anilines is 1. The van der Waals surface area contributed by atoms with Gasteiger partial charge in [-0.25, -0.2) is 4.68 Å². The van der Waals surface area contributed by atoms with Crippen LogP contribution >= 0.6 is 11.6 Å². The zero-order valence-corrected chi connectivity index (χ0v) is 12.1. The fourth-order valence-electron chi connectivity index (χ4n) is 2.66. The lowest BCUT2D eigenvalue weighted by molar-refractivity contribution is -0.122. The largest absolute Gasteiger partial charge is 0.392 e. The maximum atomic E-state index is 12.1. The summed E-state index contributed by atoms with van der Waals surface area (Å²) in [5.41, 5.74) is 1.38. The van der Waals surface area contributed by atoms with Crippen LogP contribution in [0, 0.1) is 5.92 Å². The van der Waals surface area contributed by atoms with E-state index in [0.717, 1.165) is 18.5 Å². The van der Waals surface area contributed by atoms with Crippen LogP contribution in [0.5, 0.6) is 0 Å². The molecule has 1 heterocycles. The van der Waals surface area contributed by atoms with Gasteiger partial charge in [0.1, 0.15) is 0 Å². The van der Waals surface area contributed by atoms with E-state index in [0.29, 0.717) is 17.1 Å². The molecule has 3 rings (SSSR count). The smallest absolute Gasteiger partial charge is 0.230 e. The summed E-state index contributed by atoms with van der Waals surface area (Å²) in [6.45, 7) is 0. The number of nitrogens with one attached hydrogen (secondary N) is 1. The molecule has 1 saturated carbocycles. The van der Waals surface area contributed by atoms with Crippen molar-refractivity contribution in [2.24, 2.45) is 5.92 Å². The molecule has 1 aliphatic carbocycles. The number of rotatable bonds is 3. The number of nitrogens with zero attached hydrogens (tertiary/aromatic N) is 2. The van der Waals surface area contributed by atoms with E-state index in [4.69, 9.17) is 11.6 Å². The molecule has 2 aromatic rings. The van der Waals surface area contributed by atoms with Gasteiger partial charge in [-0.15, -0.1) is 0 Å². The van der Waals surface area contributed by atoms with Crippen LogP contribution in [-0.4, -0.2) is 26.9 Å². The van der Waals surface area contributed by atoms with Gasteiger partial charge in [0, 0.05) is 18.1 Å². The van der Waals surface area contributed by atoms with E-state index >= 15 is 0 Å². The molecule has 5 nitrogen and oxygen atoms in total. The number of aromatic nitrogens is 2. The van der Waals surface area contributed by atoms with Crippen LogP contribution in [0.2, 0.25) is 5.02 Å². The summed E-state index contributed by atoms with van der Waals surface area (Å²) in [6, 6.07) is 7.09. The maximum absolute atomic E-state index is 12.1. The SMILES string of the molecule is O=C(Nc1ccc(-n2cccn2)c(Cl)c1)C1CCCC1O. The third-order valence-electron chi connectivity index (χ3n) is 3.78.